The molecule has 0 bridgehead atoms. The summed E-state index contributed by atoms with van der Waals surface area (Å²) in [7, 11) is -32.0. The van der Waals surface area contributed by atoms with Crippen molar-refractivity contribution >= 4 is 145 Å². The number of non-ortho nitro benzene ring substituents is 1. The van der Waals surface area contributed by atoms with E-state index in [0.717, 1.165) is 66.7 Å². The van der Waals surface area contributed by atoms with Crippen molar-refractivity contribution in [2.75, 3.05) is 5.73 Å². The molecule has 0 saturated heterocycles. The molecule has 1 heterocycles. The number of nitrogen functional groups attached to an aromatic ring is 1. The lowest BCUT2D eigenvalue weighted by Crippen LogP contribution is -2.03. The molecule has 0 fully saturated rings. The number of nitro benzene ring substituents is 1. The van der Waals surface area contributed by atoms with E-state index in [1.165, 1.54) is 0 Å². The zero-order chi connectivity index (χ0) is 62.8. The molecule has 43 heteroatoms. The second-order valence-electron chi connectivity index (χ2n) is 16.7. The Morgan fingerprint density at radius 3 is 1.56 bits per heavy atom. The number of carboxylic acids is 1. The van der Waals surface area contributed by atoms with Crippen molar-refractivity contribution in [3.63, 3.8) is 0 Å². The molecule has 7 aromatic carbocycles. The number of hydrogen-bond acceptors (Lipinski definition) is 28. The molecule has 1 aromatic heterocycles. The van der Waals surface area contributed by atoms with E-state index >= 15 is 0 Å². The number of aromatic carboxylic acids is 1. The van der Waals surface area contributed by atoms with E-state index in [1.54, 1.807) is 0 Å². The van der Waals surface area contributed by atoms with Crippen LogP contribution in [0.25, 0.3) is 27.2 Å². The van der Waals surface area contributed by atoms with Gasteiger partial charge in [0.1, 0.15) is 58.6 Å². The van der Waals surface area contributed by atoms with Gasteiger partial charge in [-0.15, -0.1) is 35.8 Å². The molecule has 0 amide bonds. The Morgan fingerprint density at radius 1 is 0.494 bits per heavy atom. The fourth-order valence-electron chi connectivity index (χ4n) is 7.63. The van der Waals surface area contributed by atoms with Crippen LogP contribution in [-0.4, -0.2) is 119 Å². The van der Waals surface area contributed by atoms with Gasteiger partial charge in [0.15, 0.2) is 17.2 Å². The number of aromatic nitrogens is 2. The summed E-state index contributed by atoms with van der Waals surface area (Å²) in [5, 5.41) is 84.2. The van der Waals surface area contributed by atoms with E-state index in [9.17, 15) is 113 Å². The Labute approximate surface area is 472 Å². The van der Waals surface area contributed by atoms with Crippen LogP contribution in [0.15, 0.2) is 167 Å². The van der Waals surface area contributed by atoms with Gasteiger partial charge in [-0.05, 0) is 78.9 Å². The number of aromatic hydroxyl groups is 3. The molecule has 0 aliphatic carbocycles. The molecule has 0 saturated carbocycles. The number of carbonyl (C=O) groups is 1. The largest absolute Gasteiger partial charge is 0.505 e. The third-order valence-electron chi connectivity index (χ3n) is 11.3. The van der Waals surface area contributed by atoms with Crippen molar-refractivity contribution in [3.8, 4) is 23.1 Å². The Hall–Kier alpha value is -9.80. The third-order valence-corrected chi connectivity index (χ3v) is 16.7. The van der Waals surface area contributed by atoms with Gasteiger partial charge in [0.2, 0.25) is 11.6 Å². The van der Waals surface area contributed by atoms with Gasteiger partial charge in [0.25, 0.3) is 66.4 Å². The minimum Gasteiger partial charge on any atom is -0.505 e. The zero-order valence-electron chi connectivity index (χ0n) is 40.8. The maximum atomic E-state index is 13.1. The van der Waals surface area contributed by atoms with Crippen LogP contribution >= 0.6 is 0 Å². The maximum absolute atomic E-state index is 13.1. The first-order valence-electron chi connectivity index (χ1n) is 21.8. The summed E-state index contributed by atoms with van der Waals surface area (Å²) < 4.78 is 210. The smallest absolute Gasteiger partial charge is 0.358 e. The van der Waals surface area contributed by atoms with Gasteiger partial charge >= 0.3 is 5.97 Å². The lowest BCUT2D eigenvalue weighted by Gasteiger charge is -2.13. The first-order chi connectivity index (χ1) is 39.3. The first-order valence-corrected chi connectivity index (χ1v) is 30.4. The second kappa shape index (κ2) is 21.8. The van der Waals surface area contributed by atoms with Crippen LogP contribution in [0.1, 0.15) is 10.5 Å². The van der Waals surface area contributed by atoms with Crippen LogP contribution < -0.4 is 5.73 Å². The van der Waals surface area contributed by atoms with Crippen molar-refractivity contribution < 1.29 is 108 Å². The Bertz CT molecular complexity index is 5120. The topological polar surface area (TPSA) is 610 Å². The summed E-state index contributed by atoms with van der Waals surface area (Å²) in [6, 6.07) is 11.9. The summed E-state index contributed by atoms with van der Waals surface area (Å²) in [5.41, 5.74) is -3.23. The zero-order valence-corrected chi connectivity index (χ0v) is 45.7. The monoisotopic (exact) mass is 1290 g/mol. The van der Waals surface area contributed by atoms with Crippen molar-refractivity contribution in [2.24, 2.45) is 40.9 Å². The molecule has 0 aliphatic rings. The van der Waals surface area contributed by atoms with Gasteiger partial charge in [-0.1, -0.05) is 6.07 Å². The lowest BCUT2D eigenvalue weighted by molar-refractivity contribution is -0.385. The molecule has 0 spiro atoms. The summed E-state index contributed by atoms with van der Waals surface area (Å²) in [4.78, 5) is 15.4. The summed E-state index contributed by atoms with van der Waals surface area (Å²) in [5.74, 6) is -5.30. The Kier molecular flexibility index (Phi) is 15.7. The number of rotatable bonds is 17. The number of azo groups is 4. The number of nitro groups is 1. The number of nitrogens with two attached hydrogens (primary N) is 1. The van der Waals surface area contributed by atoms with Gasteiger partial charge < -0.3 is 26.2 Å². The van der Waals surface area contributed by atoms with Gasteiger partial charge in [-0.3, -0.25) is 37.4 Å². The first kappa shape index (κ1) is 61.3. The number of hydrogen-bond donors (Lipinski definition) is 11. The number of phenolic OH excluding ortho intramolecular Hbond substituents is 2. The fraction of sp³-hybridized carbons (Fsp3) is 0. The van der Waals surface area contributed by atoms with E-state index in [1.807, 2.05) is 0 Å². The average Bonchev–Trinajstić information content (AvgIpc) is 2.35. The molecular formula is C42H28N12O25S6. The van der Waals surface area contributed by atoms with Crippen LogP contribution in [0.4, 0.5) is 56.9 Å². The van der Waals surface area contributed by atoms with Crippen molar-refractivity contribution in [3.05, 3.63) is 113 Å². The van der Waals surface area contributed by atoms with E-state index in [-0.39, 0.29) is 5.69 Å². The predicted octanol–water partition coefficient (Wildman–Crippen LogP) is 7.63. The van der Waals surface area contributed by atoms with Crippen molar-refractivity contribution in [1.82, 2.24) is 9.78 Å². The standard InChI is InChI=1S/C42H28N12O25S6/c43-34-28(16-29(81(65,66)67)22-8-11-26(39(56)33(22)34)47-45-25-10-4-19(54(60)61)14-31(25)83(71,72)73)49-48-27-12-7-21-23(40(27)85(77,78)79)15-32(84(74,75)76)35(38(21)55)50-44-17-1-9-24(30(13-17)82(68,69)70)46-51-36-37(42(58)59)52-53(41(36)57)18-2-5-20(6-3-18)80(62,63)64/h1-16,55-57H,43H2,(H,58,59)(H,62,63,64)(H,65,66,67)(H,68,69,70)(H,71,72,73)(H,74,75,76)(H,77,78,79). The summed E-state index contributed by atoms with van der Waals surface area (Å²) in [6.45, 7) is 0. The van der Waals surface area contributed by atoms with E-state index in [4.69, 9.17) is 5.73 Å². The molecule has 0 radical (unpaired) electrons. The molecule has 0 atom stereocenters. The van der Waals surface area contributed by atoms with Crippen molar-refractivity contribution in [2.45, 2.75) is 29.4 Å². The molecular weight excluding hydrogens is 1260 g/mol. The highest BCUT2D eigenvalue weighted by molar-refractivity contribution is 7.87. The molecule has 442 valence electrons. The van der Waals surface area contributed by atoms with Crippen LogP contribution in [-0.2, 0) is 60.7 Å². The van der Waals surface area contributed by atoms with Crippen LogP contribution in [0, 0.1) is 10.1 Å². The van der Waals surface area contributed by atoms with Gasteiger partial charge in [0.05, 0.1) is 32.3 Å². The normalized spacial score (nSPS) is 13.1. The van der Waals surface area contributed by atoms with E-state index in [2.05, 4.69) is 46.0 Å². The Balaban J connectivity index is 1.19. The molecule has 0 unspecified atom stereocenters. The van der Waals surface area contributed by atoms with Gasteiger partial charge in [0, 0.05) is 28.3 Å². The minimum absolute atomic E-state index is 0.187. The quantitative estimate of drug-likeness (QED) is 0.0137. The third kappa shape index (κ3) is 12.5. The van der Waals surface area contributed by atoms with Crippen LogP contribution in [0.3, 0.4) is 0 Å². The van der Waals surface area contributed by atoms with Crippen molar-refractivity contribution in [1.29, 1.82) is 0 Å². The molecule has 8 aromatic rings. The van der Waals surface area contributed by atoms with Gasteiger partial charge in [-0.2, -0.15) is 65.4 Å². The average molecular weight is 1290 g/mol. The maximum Gasteiger partial charge on any atom is 0.358 e. The highest BCUT2D eigenvalue weighted by Gasteiger charge is 2.30. The molecule has 0 aliphatic heterocycles. The number of nitrogens with zero attached hydrogens (tertiary/aromatic N) is 11. The number of phenols is 2. The van der Waals surface area contributed by atoms with E-state index in [0.29, 0.717) is 35.0 Å². The molecule has 12 N–H and O–H groups in total. The van der Waals surface area contributed by atoms with E-state index < -0.39 is 202 Å². The van der Waals surface area contributed by atoms with Crippen LogP contribution in [0.2, 0.25) is 0 Å². The second-order valence-corrected chi connectivity index (χ2v) is 25.0. The number of carboxylic acid groups (broad SMARTS) is 1. The highest BCUT2D eigenvalue weighted by Crippen LogP contribution is 2.49. The van der Waals surface area contributed by atoms with Crippen LogP contribution in [0.5, 0.6) is 17.4 Å². The highest BCUT2D eigenvalue weighted by atomic mass is 32.2. The van der Waals surface area contributed by atoms with Gasteiger partial charge in [-0.25, -0.2) is 4.79 Å². The summed E-state index contributed by atoms with van der Waals surface area (Å²) in [6.07, 6.45) is 0. The summed E-state index contributed by atoms with van der Waals surface area (Å²) >= 11 is 0. The number of fused-ring (bicyclic) bond motifs is 2. The number of benzene rings is 7. The predicted molar refractivity (Wildman–Crippen MR) is 283 cm³/mol. The number of anilines is 1. The fourth-order valence-corrected chi connectivity index (χ4v) is 11.6. The lowest BCUT2D eigenvalue weighted by atomic mass is 10.1. The molecule has 85 heavy (non-hydrogen) atoms. The molecule has 37 nitrogen and oxygen atoms in total. The Morgan fingerprint density at radius 2 is 1.00 bits per heavy atom. The SMILES string of the molecule is Nc1c(N=Nc2ccc3c(O)c(N=Nc4ccc(N=Nc5c(C(=O)O)nn(-c6ccc(S(=O)(=O)O)cc6)c5O)c(S(=O)(=O)O)c4)c(S(=O)(=O)O)cc3c2S(=O)(=O)O)cc(S(=O)(=O)O)c2ccc(N=Nc3ccc([N+](=O)[O-])cc3S(=O)(=O)O)c(O)c12. The molecule has 8 rings (SSSR count). The minimum atomic E-state index is -5.70.